The fourth-order valence-corrected chi connectivity index (χ4v) is 6.52. The van der Waals surface area contributed by atoms with Crippen molar-refractivity contribution in [2.45, 2.75) is 44.6 Å². The van der Waals surface area contributed by atoms with Crippen LogP contribution in [0.25, 0.3) is 22.4 Å². The zero-order valence-corrected chi connectivity index (χ0v) is 22.1. The van der Waals surface area contributed by atoms with Crippen molar-refractivity contribution < 1.29 is 13.2 Å². The molecule has 1 aliphatic heterocycles. The monoisotopic (exact) mass is 502 g/mol. The Morgan fingerprint density at radius 1 is 1.11 bits per heavy atom. The van der Waals surface area contributed by atoms with Gasteiger partial charge in [-0.2, -0.15) is 14.4 Å². The van der Waals surface area contributed by atoms with Gasteiger partial charge in [0.25, 0.3) is 5.56 Å². The number of benzene rings is 1. The van der Waals surface area contributed by atoms with Gasteiger partial charge in [-0.1, -0.05) is 13.3 Å². The zero-order valence-electron chi connectivity index (χ0n) is 21.3. The standard InChI is InChI=1S/C24H34N6O4S/c1-7-9-19-21-22(29(6)26-19)24(31)25-23(28(21)5)18-14-17(10-11-20(18)34-8-2)35(32,33)30-13-12-27(4)15-16(30)3/h10-11,14,16H,7-9,12-13,15H2,1-6H3. The predicted octanol–water partition coefficient (Wildman–Crippen LogP) is 2.01. The predicted molar refractivity (Wildman–Crippen MR) is 135 cm³/mol. The number of rotatable bonds is 7. The Balaban J connectivity index is 1.92. The third-order valence-electron chi connectivity index (χ3n) is 6.51. The SMILES string of the molecule is CCCc1nn(C)c2c(=O)nc(-c3cc(S(=O)(=O)N4CCN(C)CC4C)ccc3OCC)n(C)c12. The first-order chi connectivity index (χ1) is 16.6. The quantitative estimate of drug-likeness (QED) is 0.487. The molecule has 3 aromatic rings. The molecule has 190 valence electrons. The normalized spacial score (nSPS) is 17.8. The summed E-state index contributed by atoms with van der Waals surface area (Å²) in [6.45, 7) is 7.97. The Kier molecular flexibility index (Phi) is 7.03. The molecule has 0 aliphatic carbocycles. The van der Waals surface area contributed by atoms with E-state index in [-0.39, 0.29) is 10.9 Å². The van der Waals surface area contributed by atoms with Crippen LogP contribution >= 0.6 is 0 Å². The molecule has 1 aromatic carbocycles. The van der Waals surface area contributed by atoms with Gasteiger partial charge in [-0.15, -0.1) is 0 Å². The van der Waals surface area contributed by atoms with E-state index in [1.807, 2.05) is 32.5 Å². The van der Waals surface area contributed by atoms with Crippen molar-refractivity contribution in [3.63, 3.8) is 0 Å². The molecule has 1 unspecified atom stereocenters. The van der Waals surface area contributed by atoms with E-state index in [0.717, 1.165) is 12.1 Å². The van der Waals surface area contributed by atoms with Crippen molar-refractivity contribution in [2.75, 3.05) is 33.3 Å². The van der Waals surface area contributed by atoms with Gasteiger partial charge in [0.2, 0.25) is 10.0 Å². The fourth-order valence-electron chi connectivity index (χ4n) is 4.88. The summed E-state index contributed by atoms with van der Waals surface area (Å²) in [6.07, 6.45) is 1.58. The highest BCUT2D eigenvalue weighted by atomic mass is 32.2. The number of aryl methyl sites for hydroxylation is 3. The van der Waals surface area contributed by atoms with Gasteiger partial charge >= 0.3 is 0 Å². The second kappa shape index (κ2) is 9.71. The molecule has 1 fully saturated rings. The first-order valence-corrected chi connectivity index (χ1v) is 13.4. The molecule has 0 N–H and O–H groups in total. The molecular formula is C24H34N6O4S. The van der Waals surface area contributed by atoms with Crippen LogP contribution in [0.4, 0.5) is 0 Å². The van der Waals surface area contributed by atoms with Crippen molar-refractivity contribution in [2.24, 2.45) is 14.1 Å². The van der Waals surface area contributed by atoms with Crippen molar-refractivity contribution in [1.82, 2.24) is 28.5 Å². The van der Waals surface area contributed by atoms with Gasteiger partial charge in [0.1, 0.15) is 11.6 Å². The molecule has 0 radical (unpaired) electrons. The molecule has 11 heteroatoms. The van der Waals surface area contributed by atoms with Gasteiger partial charge in [0.05, 0.1) is 28.3 Å². The summed E-state index contributed by atoms with van der Waals surface area (Å²) in [5.74, 6) is 0.820. The molecule has 1 aliphatic rings. The molecule has 1 saturated heterocycles. The highest BCUT2D eigenvalue weighted by molar-refractivity contribution is 7.89. The lowest BCUT2D eigenvalue weighted by atomic mass is 10.1. The number of aromatic nitrogens is 4. The van der Waals surface area contributed by atoms with E-state index in [1.54, 1.807) is 34.2 Å². The molecule has 0 spiro atoms. The van der Waals surface area contributed by atoms with Crippen LogP contribution in [0.15, 0.2) is 27.9 Å². The van der Waals surface area contributed by atoms with Crippen LogP contribution in [0, 0.1) is 0 Å². The van der Waals surface area contributed by atoms with Gasteiger partial charge in [0.15, 0.2) is 5.52 Å². The third-order valence-corrected chi connectivity index (χ3v) is 8.52. The average Bonchev–Trinajstić information content (AvgIpc) is 3.13. The van der Waals surface area contributed by atoms with Crippen molar-refractivity contribution >= 4 is 21.1 Å². The van der Waals surface area contributed by atoms with E-state index in [4.69, 9.17) is 4.74 Å². The van der Waals surface area contributed by atoms with Crippen molar-refractivity contribution in [1.29, 1.82) is 0 Å². The molecule has 2 aromatic heterocycles. The van der Waals surface area contributed by atoms with Crippen molar-refractivity contribution in [3.05, 3.63) is 34.2 Å². The molecule has 1 atom stereocenters. The Morgan fingerprint density at radius 3 is 2.51 bits per heavy atom. The maximum Gasteiger partial charge on any atom is 0.299 e. The van der Waals surface area contributed by atoms with E-state index in [0.29, 0.717) is 60.8 Å². The molecule has 0 amide bonds. The number of likely N-dealkylation sites (N-methyl/N-ethyl adjacent to an activating group) is 1. The van der Waals surface area contributed by atoms with Crippen LogP contribution < -0.4 is 10.3 Å². The Bertz CT molecular complexity index is 1410. The fraction of sp³-hybridized carbons (Fsp3) is 0.542. The largest absolute Gasteiger partial charge is 0.493 e. The highest BCUT2D eigenvalue weighted by Gasteiger charge is 2.33. The summed E-state index contributed by atoms with van der Waals surface area (Å²) in [7, 11) is 1.79. The minimum atomic E-state index is -3.76. The zero-order chi connectivity index (χ0) is 25.5. The summed E-state index contributed by atoms with van der Waals surface area (Å²) in [5, 5.41) is 4.55. The number of nitrogens with zero attached hydrogens (tertiary/aromatic N) is 6. The van der Waals surface area contributed by atoms with E-state index < -0.39 is 15.6 Å². The number of fused-ring (bicyclic) bond motifs is 1. The minimum absolute atomic E-state index is 0.153. The smallest absolute Gasteiger partial charge is 0.299 e. The Morgan fingerprint density at radius 2 is 1.86 bits per heavy atom. The summed E-state index contributed by atoms with van der Waals surface area (Å²) in [4.78, 5) is 19.7. The van der Waals surface area contributed by atoms with Gasteiger partial charge in [-0.3, -0.25) is 9.48 Å². The van der Waals surface area contributed by atoms with E-state index in [2.05, 4.69) is 21.9 Å². The second-order valence-electron chi connectivity index (χ2n) is 9.14. The van der Waals surface area contributed by atoms with E-state index >= 15 is 0 Å². The maximum atomic E-state index is 13.6. The Hall–Kier alpha value is -2.76. The van der Waals surface area contributed by atoms with E-state index in [1.165, 1.54) is 0 Å². The molecule has 35 heavy (non-hydrogen) atoms. The summed E-state index contributed by atoms with van der Waals surface area (Å²) >= 11 is 0. The number of hydrogen-bond acceptors (Lipinski definition) is 7. The third kappa shape index (κ3) is 4.48. The number of hydrogen-bond donors (Lipinski definition) is 0. The van der Waals surface area contributed by atoms with Crippen LogP contribution in [0.1, 0.15) is 32.9 Å². The number of sulfonamides is 1. The summed E-state index contributed by atoms with van der Waals surface area (Å²) in [6, 6.07) is 4.64. The maximum absolute atomic E-state index is 13.6. The molecule has 3 heterocycles. The molecule has 0 saturated carbocycles. The first kappa shape index (κ1) is 25.3. The molecular weight excluding hydrogens is 468 g/mol. The summed E-state index contributed by atoms with van der Waals surface area (Å²) in [5.41, 5.74) is 1.98. The van der Waals surface area contributed by atoms with Crippen LogP contribution in [-0.2, 0) is 30.5 Å². The van der Waals surface area contributed by atoms with Crippen LogP contribution in [0.2, 0.25) is 0 Å². The van der Waals surface area contributed by atoms with Crippen LogP contribution in [0.5, 0.6) is 5.75 Å². The molecule has 0 bridgehead atoms. The highest BCUT2D eigenvalue weighted by Crippen LogP contribution is 2.34. The lowest BCUT2D eigenvalue weighted by Gasteiger charge is -2.37. The second-order valence-corrected chi connectivity index (χ2v) is 11.0. The minimum Gasteiger partial charge on any atom is -0.493 e. The number of piperazine rings is 1. The molecule has 10 nitrogen and oxygen atoms in total. The van der Waals surface area contributed by atoms with Gasteiger partial charge in [-0.05, 0) is 45.5 Å². The lowest BCUT2D eigenvalue weighted by molar-refractivity contribution is 0.170. The van der Waals surface area contributed by atoms with Crippen molar-refractivity contribution in [3.8, 4) is 17.1 Å². The summed E-state index contributed by atoms with van der Waals surface area (Å²) < 4.78 is 38.0. The van der Waals surface area contributed by atoms with E-state index in [9.17, 15) is 13.2 Å². The van der Waals surface area contributed by atoms with Gasteiger partial charge in [0, 0.05) is 39.8 Å². The van der Waals surface area contributed by atoms with Crippen LogP contribution in [-0.4, -0.2) is 76.3 Å². The van der Waals surface area contributed by atoms with Gasteiger partial charge in [-0.25, -0.2) is 8.42 Å². The number of ether oxygens (including phenoxy) is 1. The Labute approximate surface area is 206 Å². The average molecular weight is 503 g/mol. The van der Waals surface area contributed by atoms with Crippen LogP contribution in [0.3, 0.4) is 0 Å². The van der Waals surface area contributed by atoms with Gasteiger partial charge < -0.3 is 14.2 Å². The first-order valence-electron chi connectivity index (χ1n) is 12.0. The lowest BCUT2D eigenvalue weighted by Crippen LogP contribution is -2.52. The molecule has 4 rings (SSSR count). The topological polar surface area (TPSA) is 103 Å².